The van der Waals surface area contributed by atoms with E-state index in [4.69, 9.17) is 9.15 Å². The Morgan fingerprint density at radius 2 is 2.10 bits per heavy atom. The molecule has 0 amide bonds. The fourth-order valence-electron chi connectivity index (χ4n) is 1.99. The molecule has 0 atom stereocenters. The largest absolute Gasteiger partial charge is 0.497 e. The van der Waals surface area contributed by atoms with E-state index in [1.54, 1.807) is 37.4 Å². The number of hydrogen-bond acceptors (Lipinski definition) is 5. The van der Waals surface area contributed by atoms with Crippen LogP contribution in [0.3, 0.4) is 0 Å². The predicted molar refractivity (Wildman–Crippen MR) is 80.4 cm³/mol. The first-order valence-electron chi connectivity index (χ1n) is 5.97. The van der Waals surface area contributed by atoms with Crippen LogP contribution in [-0.4, -0.2) is 17.0 Å². The van der Waals surface area contributed by atoms with Gasteiger partial charge in [-0.1, -0.05) is 15.9 Å². The first-order valence-corrected chi connectivity index (χ1v) is 6.76. The summed E-state index contributed by atoms with van der Waals surface area (Å²) in [7, 11) is 1.56. The standard InChI is InChI=1S/C14H9BrN2O4/c1-20-9-3-5-13-11(7-9)16-14(21-13)10-4-2-8(15)6-12(10)17(18)19/h2-7H,1H3. The lowest BCUT2D eigenvalue weighted by Gasteiger charge is -1.98. The van der Waals surface area contributed by atoms with Crippen molar-refractivity contribution in [3.63, 3.8) is 0 Å². The second-order valence-electron chi connectivity index (χ2n) is 4.27. The summed E-state index contributed by atoms with van der Waals surface area (Å²) in [6, 6.07) is 9.91. The summed E-state index contributed by atoms with van der Waals surface area (Å²) in [4.78, 5) is 15.0. The van der Waals surface area contributed by atoms with Crippen molar-refractivity contribution >= 4 is 32.7 Å². The molecule has 7 heteroatoms. The van der Waals surface area contributed by atoms with Crippen LogP contribution in [0.4, 0.5) is 5.69 Å². The molecular weight excluding hydrogens is 340 g/mol. The summed E-state index contributed by atoms with van der Waals surface area (Å²) in [6.45, 7) is 0. The van der Waals surface area contributed by atoms with Gasteiger partial charge in [-0.05, 0) is 24.3 Å². The molecule has 0 aliphatic heterocycles. The van der Waals surface area contributed by atoms with E-state index in [0.717, 1.165) is 0 Å². The minimum absolute atomic E-state index is 0.0668. The van der Waals surface area contributed by atoms with Crippen molar-refractivity contribution in [3.05, 3.63) is 51.0 Å². The number of halogens is 1. The van der Waals surface area contributed by atoms with Crippen LogP contribution in [0.5, 0.6) is 5.75 Å². The number of rotatable bonds is 3. The maximum atomic E-state index is 11.2. The minimum Gasteiger partial charge on any atom is -0.497 e. The Morgan fingerprint density at radius 3 is 2.81 bits per heavy atom. The van der Waals surface area contributed by atoms with Gasteiger partial charge in [0.15, 0.2) is 5.58 Å². The van der Waals surface area contributed by atoms with Gasteiger partial charge in [-0.2, -0.15) is 0 Å². The number of methoxy groups -OCH3 is 1. The second-order valence-corrected chi connectivity index (χ2v) is 5.19. The third-order valence-corrected chi connectivity index (χ3v) is 3.47. The number of benzene rings is 2. The Kier molecular flexibility index (Phi) is 3.34. The molecule has 3 rings (SSSR count). The monoisotopic (exact) mass is 348 g/mol. The van der Waals surface area contributed by atoms with Crippen LogP contribution >= 0.6 is 15.9 Å². The van der Waals surface area contributed by atoms with Crippen molar-refractivity contribution in [2.75, 3.05) is 7.11 Å². The highest BCUT2D eigenvalue weighted by molar-refractivity contribution is 9.10. The summed E-state index contributed by atoms with van der Waals surface area (Å²) in [5.41, 5.74) is 1.39. The Morgan fingerprint density at radius 1 is 1.29 bits per heavy atom. The van der Waals surface area contributed by atoms with Crippen molar-refractivity contribution in [2.45, 2.75) is 0 Å². The van der Waals surface area contributed by atoms with Gasteiger partial charge in [0.2, 0.25) is 5.89 Å². The van der Waals surface area contributed by atoms with Crippen LogP contribution in [0, 0.1) is 10.1 Å². The van der Waals surface area contributed by atoms with Crippen LogP contribution in [-0.2, 0) is 0 Å². The zero-order valence-electron chi connectivity index (χ0n) is 10.9. The van der Waals surface area contributed by atoms with Crippen molar-refractivity contribution in [3.8, 4) is 17.2 Å². The molecule has 6 nitrogen and oxygen atoms in total. The Hall–Kier alpha value is -2.41. The fraction of sp³-hybridized carbons (Fsp3) is 0.0714. The number of hydrogen-bond donors (Lipinski definition) is 0. The summed E-state index contributed by atoms with van der Waals surface area (Å²) >= 11 is 3.22. The lowest BCUT2D eigenvalue weighted by Crippen LogP contribution is -1.92. The molecule has 2 aromatic carbocycles. The Bertz CT molecular complexity index is 844. The van der Waals surface area contributed by atoms with Crippen molar-refractivity contribution in [2.24, 2.45) is 0 Å². The van der Waals surface area contributed by atoms with Gasteiger partial charge in [-0.25, -0.2) is 4.98 Å². The van der Waals surface area contributed by atoms with Crippen LogP contribution in [0.2, 0.25) is 0 Å². The van der Waals surface area contributed by atoms with E-state index in [-0.39, 0.29) is 11.6 Å². The summed E-state index contributed by atoms with van der Waals surface area (Å²) in [6.07, 6.45) is 0. The number of nitrogens with zero attached hydrogens (tertiary/aromatic N) is 2. The van der Waals surface area contributed by atoms with Gasteiger partial charge >= 0.3 is 0 Å². The van der Waals surface area contributed by atoms with Crippen LogP contribution in [0.15, 0.2) is 45.3 Å². The molecule has 0 unspecified atom stereocenters. The number of aromatic nitrogens is 1. The maximum Gasteiger partial charge on any atom is 0.283 e. The molecule has 0 N–H and O–H groups in total. The number of nitro benzene ring substituents is 1. The molecule has 0 fully saturated rings. The summed E-state index contributed by atoms with van der Waals surface area (Å²) in [5, 5.41) is 11.2. The Labute approximate surface area is 127 Å². The normalized spacial score (nSPS) is 10.8. The van der Waals surface area contributed by atoms with E-state index >= 15 is 0 Å². The van der Waals surface area contributed by atoms with E-state index in [9.17, 15) is 10.1 Å². The van der Waals surface area contributed by atoms with Gasteiger partial charge in [0.05, 0.1) is 12.0 Å². The van der Waals surface area contributed by atoms with Crippen molar-refractivity contribution in [1.82, 2.24) is 4.98 Å². The third kappa shape index (κ3) is 2.47. The molecule has 106 valence electrons. The second kappa shape index (κ2) is 5.17. The molecule has 1 aromatic heterocycles. The number of ether oxygens (including phenoxy) is 1. The number of fused-ring (bicyclic) bond motifs is 1. The summed E-state index contributed by atoms with van der Waals surface area (Å²) < 4.78 is 11.3. The lowest BCUT2D eigenvalue weighted by atomic mass is 10.2. The van der Waals surface area contributed by atoms with E-state index in [0.29, 0.717) is 26.9 Å². The van der Waals surface area contributed by atoms with E-state index < -0.39 is 4.92 Å². The van der Waals surface area contributed by atoms with Crippen molar-refractivity contribution < 1.29 is 14.1 Å². The first kappa shape index (κ1) is 13.6. The molecule has 21 heavy (non-hydrogen) atoms. The van der Waals surface area contributed by atoms with E-state index in [1.165, 1.54) is 6.07 Å². The molecule has 0 radical (unpaired) electrons. The highest BCUT2D eigenvalue weighted by Gasteiger charge is 2.20. The Balaban J connectivity index is 2.18. The zero-order valence-corrected chi connectivity index (χ0v) is 12.5. The van der Waals surface area contributed by atoms with Gasteiger partial charge in [0, 0.05) is 16.6 Å². The molecule has 0 bridgehead atoms. The predicted octanol–water partition coefficient (Wildman–Crippen LogP) is 4.17. The summed E-state index contributed by atoms with van der Waals surface area (Å²) in [5.74, 6) is 0.852. The van der Waals surface area contributed by atoms with Crippen LogP contribution in [0.1, 0.15) is 0 Å². The fourth-order valence-corrected chi connectivity index (χ4v) is 2.34. The molecule has 0 saturated heterocycles. The quantitative estimate of drug-likeness (QED) is 0.524. The van der Waals surface area contributed by atoms with Gasteiger partial charge < -0.3 is 9.15 Å². The van der Waals surface area contributed by atoms with E-state index in [2.05, 4.69) is 20.9 Å². The number of nitro groups is 1. The number of oxazole rings is 1. The topological polar surface area (TPSA) is 78.4 Å². The first-order chi connectivity index (χ1) is 10.1. The van der Waals surface area contributed by atoms with Gasteiger partial charge in [-0.3, -0.25) is 10.1 Å². The zero-order chi connectivity index (χ0) is 15.0. The average molecular weight is 349 g/mol. The molecule has 3 aromatic rings. The molecule has 0 saturated carbocycles. The van der Waals surface area contributed by atoms with Gasteiger partial charge in [-0.15, -0.1) is 0 Å². The average Bonchev–Trinajstić information content (AvgIpc) is 2.89. The SMILES string of the molecule is COc1ccc2oc(-c3ccc(Br)cc3[N+](=O)[O-])nc2c1. The molecule has 0 aliphatic carbocycles. The highest BCUT2D eigenvalue weighted by atomic mass is 79.9. The van der Waals surface area contributed by atoms with Gasteiger partial charge in [0.25, 0.3) is 5.69 Å². The van der Waals surface area contributed by atoms with Crippen LogP contribution in [0.25, 0.3) is 22.6 Å². The highest BCUT2D eigenvalue weighted by Crippen LogP contribution is 2.34. The van der Waals surface area contributed by atoms with E-state index in [1.807, 2.05) is 0 Å². The third-order valence-electron chi connectivity index (χ3n) is 2.98. The lowest BCUT2D eigenvalue weighted by molar-refractivity contribution is -0.384. The van der Waals surface area contributed by atoms with Gasteiger partial charge in [0.1, 0.15) is 16.8 Å². The van der Waals surface area contributed by atoms with Crippen LogP contribution < -0.4 is 4.74 Å². The minimum atomic E-state index is -0.463. The van der Waals surface area contributed by atoms with Crippen molar-refractivity contribution in [1.29, 1.82) is 0 Å². The maximum absolute atomic E-state index is 11.2. The molecular formula is C14H9BrN2O4. The molecule has 0 aliphatic rings. The smallest absolute Gasteiger partial charge is 0.283 e. The molecule has 0 spiro atoms. The molecule has 1 heterocycles.